The largest absolute Gasteiger partial charge is 0.310 e. The van der Waals surface area contributed by atoms with Crippen LogP contribution in [0.5, 0.6) is 0 Å². The molecule has 0 N–H and O–H groups in total. The summed E-state index contributed by atoms with van der Waals surface area (Å²) in [6, 6.07) is 87.9. The van der Waals surface area contributed by atoms with E-state index in [4.69, 9.17) is 0 Å². The fourth-order valence-electron chi connectivity index (χ4n) is 10.8. The Bertz CT molecular complexity index is 3550. The summed E-state index contributed by atoms with van der Waals surface area (Å²) in [6.07, 6.45) is 0. The van der Waals surface area contributed by atoms with Gasteiger partial charge in [0.15, 0.2) is 0 Å². The second-order valence-electron chi connectivity index (χ2n) is 16.8. The Kier molecular flexibility index (Phi) is 8.06. The molecule has 10 aromatic carbocycles. The van der Waals surface area contributed by atoms with Crippen molar-refractivity contribution in [3.63, 3.8) is 0 Å². The number of anilines is 3. The molecule has 0 fully saturated rings. The average Bonchev–Trinajstić information content (AvgIpc) is 3.83. The zero-order chi connectivity index (χ0) is 41.5. The predicted octanol–water partition coefficient (Wildman–Crippen LogP) is 16.9. The van der Waals surface area contributed by atoms with Crippen molar-refractivity contribution in [2.45, 2.75) is 5.41 Å². The van der Waals surface area contributed by atoms with Crippen molar-refractivity contribution in [1.82, 2.24) is 0 Å². The van der Waals surface area contributed by atoms with Crippen LogP contribution in [0.2, 0.25) is 0 Å². The van der Waals surface area contributed by atoms with E-state index in [9.17, 15) is 0 Å². The monoisotopic (exact) mass is 817 g/mol. The highest BCUT2D eigenvalue weighted by molar-refractivity contribution is 7.25. The van der Waals surface area contributed by atoms with Gasteiger partial charge in [0.1, 0.15) is 0 Å². The molecule has 1 atom stereocenters. The van der Waals surface area contributed by atoms with Gasteiger partial charge in [0.05, 0.1) is 5.41 Å². The Morgan fingerprint density at radius 3 is 1.41 bits per heavy atom. The first-order valence-electron chi connectivity index (χ1n) is 21.7. The van der Waals surface area contributed by atoms with E-state index in [1.54, 1.807) is 0 Å². The fraction of sp³-hybridized carbons (Fsp3) is 0.0164. The molecular formula is C61H39NS. The Balaban J connectivity index is 1.03. The van der Waals surface area contributed by atoms with Crippen molar-refractivity contribution in [2.24, 2.45) is 0 Å². The van der Waals surface area contributed by atoms with Gasteiger partial charge in [0, 0.05) is 37.2 Å². The van der Waals surface area contributed by atoms with E-state index < -0.39 is 5.41 Å². The van der Waals surface area contributed by atoms with Crippen LogP contribution in [-0.2, 0) is 5.41 Å². The van der Waals surface area contributed by atoms with Gasteiger partial charge in [-0.05, 0) is 132 Å². The topological polar surface area (TPSA) is 3.24 Å². The minimum atomic E-state index is -0.560. The minimum absolute atomic E-state index is 0.560. The lowest BCUT2D eigenvalue weighted by molar-refractivity contribution is 0.776. The smallest absolute Gasteiger partial charge is 0.0726 e. The first-order valence-corrected chi connectivity index (χ1v) is 22.6. The first kappa shape index (κ1) is 35.9. The number of hydrogen-bond acceptors (Lipinski definition) is 2. The van der Waals surface area contributed by atoms with Crippen molar-refractivity contribution in [1.29, 1.82) is 0 Å². The lowest BCUT2D eigenvalue weighted by Crippen LogP contribution is -2.29. The lowest BCUT2D eigenvalue weighted by Gasteiger charge is -2.36. The van der Waals surface area contributed by atoms with Crippen LogP contribution in [0.15, 0.2) is 237 Å². The molecule has 1 nitrogen and oxygen atoms in total. The summed E-state index contributed by atoms with van der Waals surface area (Å²) in [5.74, 6) is 0. The molecule has 1 unspecified atom stereocenters. The maximum Gasteiger partial charge on any atom is 0.0726 e. The molecule has 294 valence electrons. The van der Waals surface area contributed by atoms with Gasteiger partial charge in [-0.2, -0.15) is 0 Å². The molecule has 2 aliphatic rings. The highest BCUT2D eigenvalue weighted by Gasteiger charge is 2.50. The number of hydrogen-bond donors (Lipinski definition) is 0. The van der Waals surface area contributed by atoms with E-state index in [1.807, 2.05) is 11.3 Å². The second-order valence-corrected chi connectivity index (χ2v) is 17.9. The standard InChI is InChI=1S/C61H39NS/c1-3-15-40(16-4-1)41-27-29-42(30-28-41)43-31-33-45(34-32-43)62(44-17-5-2-6-18-44)46-35-36-57-52(37-46)48-20-8-7-19-47(48)49-21-9-12-24-55(49)61(57)56-25-13-10-22-50(56)53-38-54-51-23-11-14-26-59(51)63-60(54)39-58(53)61/h1-39H. The van der Waals surface area contributed by atoms with Crippen molar-refractivity contribution >= 4 is 48.6 Å². The number of fused-ring (bicyclic) bond motifs is 15. The molecule has 1 heterocycles. The summed E-state index contributed by atoms with van der Waals surface area (Å²) >= 11 is 1.90. The Hall–Kier alpha value is -7.78. The maximum absolute atomic E-state index is 2.53. The average molecular weight is 818 g/mol. The van der Waals surface area contributed by atoms with Gasteiger partial charge < -0.3 is 4.90 Å². The third kappa shape index (κ3) is 5.42. The third-order valence-corrected chi connectivity index (χ3v) is 14.6. The van der Waals surface area contributed by atoms with Crippen LogP contribution in [0.1, 0.15) is 22.3 Å². The van der Waals surface area contributed by atoms with Crippen LogP contribution >= 0.6 is 11.3 Å². The van der Waals surface area contributed by atoms with Crippen LogP contribution < -0.4 is 4.90 Å². The Morgan fingerprint density at radius 2 is 0.730 bits per heavy atom. The quantitative estimate of drug-likeness (QED) is 0.167. The summed E-state index contributed by atoms with van der Waals surface area (Å²) in [4.78, 5) is 2.41. The third-order valence-electron chi connectivity index (χ3n) is 13.5. The van der Waals surface area contributed by atoms with Crippen molar-refractivity contribution in [3.05, 3.63) is 259 Å². The van der Waals surface area contributed by atoms with Crippen LogP contribution in [-0.4, -0.2) is 0 Å². The zero-order valence-electron chi connectivity index (χ0n) is 34.4. The first-order chi connectivity index (χ1) is 31.2. The zero-order valence-corrected chi connectivity index (χ0v) is 35.2. The number of benzene rings is 10. The highest BCUT2D eigenvalue weighted by Crippen LogP contribution is 2.63. The van der Waals surface area contributed by atoms with E-state index >= 15 is 0 Å². The molecule has 0 saturated heterocycles. The van der Waals surface area contributed by atoms with E-state index in [1.165, 1.54) is 98.1 Å². The summed E-state index contributed by atoms with van der Waals surface area (Å²) in [7, 11) is 0. The molecule has 2 heteroatoms. The summed E-state index contributed by atoms with van der Waals surface area (Å²) < 4.78 is 2.65. The molecule has 11 aromatic rings. The van der Waals surface area contributed by atoms with Crippen LogP contribution in [0.4, 0.5) is 17.1 Å². The van der Waals surface area contributed by atoms with E-state index in [2.05, 4.69) is 241 Å². The minimum Gasteiger partial charge on any atom is -0.310 e. The Labute approximate surface area is 371 Å². The molecular weight excluding hydrogens is 779 g/mol. The summed E-state index contributed by atoms with van der Waals surface area (Å²) in [5.41, 5.74) is 20.6. The normalized spacial score (nSPS) is 14.4. The van der Waals surface area contributed by atoms with Gasteiger partial charge in [0.25, 0.3) is 0 Å². The van der Waals surface area contributed by atoms with Gasteiger partial charge in [-0.15, -0.1) is 11.3 Å². The summed E-state index contributed by atoms with van der Waals surface area (Å²) in [5, 5.41) is 2.66. The molecule has 1 aromatic heterocycles. The summed E-state index contributed by atoms with van der Waals surface area (Å²) in [6.45, 7) is 0. The van der Waals surface area contributed by atoms with Gasteiger partial charge >= 0.3 is 0 Å². The van der Waals surface area contributed by atoms with Gasteiger partial charge in [-0.25, -0.2) is 0 Å². The van der Waals surface area contributed by atoms with E-state index in [-0.39, 0.29) is 0 Å². The maximum atomic E-state index is 2.53. The van der Waals surface area contributed by atoms with Crippen molar-refractivity contribution in [3.8, 4) is 55.6 Å². The van der Waals surface area contributed by atoms with Crippen molar-refractivity contribution in [2.75, 3.05) is 4.90 Å². The van der Waals surface area contributed by atoms with Gasteiger partial charge in [0.2, 0.25) is 0 Å². The highest BCUT2D eigenvalue weighted by atomic mass is 32.1. The van der Waals surface area contributed by atoms with Crippen LogP contribution in [0, 0.1) is 0 Å². The SMILES string of the molecule is c1ccc(-c2ccc(-c3ccc(N(c4ccccc4)c4ccc5c(c4)-c4ccccc4-c4ccccc4C54c5ccccc5-c5cc6c(cc54)sc4ccccc46)cc3)cc2)cc1. The van der Waals surface area contributed by atoms with Crippen LogP contribution in [0.3, 0.4) is 0 Å². The van der Waals surface area contributed by atoms with E-state index in [0.29, 0.717) is 0 Å². The molecule has 63 heavy (non-hydrogen) atoms. The van der Waals surface area contributed by atoms with Crippen LogP contribution in [0.25, 0.3) is 75.8 Å². The predicted molar refractivity (Wildman–Crippen MR) is 267 cm³/mol. The van der Waals surface area contributed by atoms with Crippen molar-refractivity contribution < 1.29 is 0 Å². The number of para-hydroxylation sites is 1. The lowest BCUT2D eigenvalue weighted by atomic mass is 9.66. The number of thiophene rings is 1. The number of rotatable bonds is 5. The number of nitrogens with zero attached hydrogens (tertiary/aromatic N) is 1. The molecule has 0 bridgehead atoms. The van der Waals surface area contributed by atoms with Gasteiger partial charge in [-0.3, -0.25) is 0 Å². The van der Waals surface area contributed by atoms with Gasteiger partial charge in [-0.1, -0.05) is 182 Å². The Morgan fingerprint density at radius 1 is 0.270 bits per heavy atom. The fourth-order valence-corrected chi connectivity index (χ4v) is 11.9. The molecule has 13 rings (SSSR count). The molecule has 1 spiro atoms. The molecule has 2 aliphatic carbocycles. The molecule has 0 amide bonds. The molecule has 0 aliphatic heterocycles. The molecule has 0 radical (unpaired) electrons. The second kappa shape index (κ2) is 14.1. The van der Waals surface area contributed by atoms with E-state index in [0.717, 1.165) is 17.1 Å². The molecule has 0 saturated carbocycles.